The van der Waals surface area contributed by atoms with Crippen molar-refractivity contribution >= 4 is 5.91 Å². The Morgan fingerprint density at radius 1 is 1.29 bits per heavy atom. The molecule has 1 saturated heterocycles. The molecule has 1 aromatic rings. The van der Waals surface area contributed by atoms with Crippen molar-refractivity contribution in [3.63, 3.8) is 0 Å². The fourth-order valence-corrected chi connectivity index (χ4v) is 2.59. The number of hydrogen-bond acceptors (Lipinski definition) is 3. The van der Waals surface area contributed by atoms with Gasteiger partial charge in [0.15, 0.2) is 6.10 Å². The summed E-state index contributed by atoms with van der Waals surface area (Å²) in [5.41, 5.74) is 1.48. The van der Waals surface area contributed by atoms with Gasteiger partial charge < -0.3 is 9.64 Å². The van der Waals surface area contributed by atoms with E-state index in [1.165, 1.54) is 12.8 Å². The normalized spacial score (nSPS) is 16.7. The zero-order valence-corrected chi connectivity index (χ0v) is 12.8. The van der Waals surface area contributed by atoms with Crippen molar-refractivity contribution in [2.24, 2.45) is 0 Å². The van der Waals surface area contributed by atoms with Crippen LogP contribution in [0.25, 0.3) is 0 Å². The van der Waals surface area contributed by atoms with E-state index >= 15 is 0 Å². The lowest BCUT2D eigenvalue weighted by molar-refractivity contribution is -0.137. The molecule has 21 heavy (non-hydrogen) atoms. The summed E-state index contributed by atoms with van der Waals surface area (Å²) >= 11 is 0. The third-order valence-electron chi connectivity index (χ3n) is 3.89. The fourth-order valence-electron chi connectivity index (χ4n) is 2.59. The van der Waals surface area contributed by atoms with Gasteiger partial charge >= 0.3 is 0 Å². The highest BCUT2D eigenvalue weighted by molar-refractivity contribution is 5.81. The average molecular weight is 286 g/mol. The second-order valence-electron chi connectivity index (χ2n) is 5.59. The van der Waals surface area contributed by atoms with Crippen molar-refractivity contribution in [1.82, 2.24) is 4.90 Å². The minimum absolute atomic E-state index is 0.0404. The molecule has 4 nitrogen and oxygen atoms in total. The first-order chi connectivity index (χ1) is 10.1. The molecule has 1 atom stereocenters. The molecule has 1 amide bonds. The number of carbonyl (C=O) groups is 1. The van der Waals surface area contributed by atoms with Gasteiger partial charge in [-0.2, -0.15) is 5.26 Å². The molecule has 0 radical (unpaired) electrons. The molecule has 0 aromatic heterocycles. The number of rotatable bonds is 3. The van der Waals surface area contributed by atoms with Crippen molar-refractivity contribution in [2.75, 3.05) is 13.1 Å². The Balaban J connectivity index is 2.04. The molecule has 0 aliphatic carbocycles. The predicted molar refractivity (Wildman–Crippen MR) is 81.0 cm³/mol. The minimum atomic E-state index is -0.518. The van der Waals surface area contributed by atoms with Gasteiger partial charge in [0.2, 0.25) is 0 Å². The molecular weight excluding hydrogens is 264 g/mol. The van der Waals surface area contributed by atoms with E-state index in [0.717, 1.165) is 31.5 Å². The third-order valence-corrected chi connectivity index (χ3v) is 3.89. The van der Waals surface area contributed by atoms with Crippen LogP contribution >= 0.6 is 0 Å². The average Bonchev–Trinajstić information content (AvgIpc) is 2.77. The number of likely N-dealkylation sites (tertiary alicyclic amines) is 1. The van der Waals surface area contributed by atoms with Crippen LogP contribution in [0, 0.1) is 18.3 Å². The lowest BCUT2D eigenvalue weighted by Crippen LogP contribution is -2.41. The zero-order chi connectivity index (χ0) is 15.2. The van der Waals surface area contributed by atoms with Crippen LogP contribution in [-0.4, -0.2) is 30.0 Å². The van der Waals surface area contributed by atoms with Crippen LogP contribution in [0.15, 0.2) is 18.2 Å². The molecule has 0 saturated carbocycles. The maximum absolute atomic E-state index is 12.5. The highest BCUT2D eigenvalue weighted by Crippen LogP contribution is 2.21. The van der Waals surface area contributed by atoms with Gasteiger partial charge in [-0.3, -0.25) is 4.79 Å². The lowest BCUT2D eigenvalue weighted by atomic mass is 10.1. The second-order valence-corrected chi connectivity index (χ2v) is 5.59. The van der Waals surface area contributed by atoms with Crippen LogP contribution in [0.2, 0.25) is 0 Å². The topological polar surface area (TPSA) is 53.3 Å². The number of benzene rings is 1. The first-order valence-electron chi connectivity index (χ1n) is 7.58. The smallest absolute Gasteiger partial charge is 0.263 e. The molecule has 1 aliphatic rings. The Morgan fingerprint density at radius 2 is 1.95 bits per heavy atom. The summed E-state index contributed by atoms with van der Waals surface area (Å²) in [7, 11) is 0. The molecule has 1 heterocycles. The maximum atomic E-state index is 12.5. The number of carbonyl (C=O) groups excluding carboxylic acids is 1. The molecule has 1 unspecified atom stereocenters. The molecule has 2 rings (SSSR count). The molecular formula is C17H22N2O2. The van der Waals surface area contributed by atoms with Crippen molar-refractivity contribution in [3.05, 3.63) is 29.3 Å². The van der Waals surface area contributed by atoms with Gasteiger partial charge in [0.25, 0.3) is 5.91 Å². The Hall–Kier alpha value is -2.02. The third kappa shape index (κ3) is 3.98. The van der Waals surface area contributed by atoms with Crippen LogP contribution in [-0.2, 0) is 4.79 Å². The van der Waals surface area contributed by atoms with Crippen LogP contribution in [0.5, 0.6) is 5.75 Å². The van der Waals surface area contributed by atoms with Gasteiger partial charge in [0.1, 0.15) is 5.75 Å². The van der Waals surface area contributed by atoms with Gasteiger partial charge in [0, 0.05) is 13.1 Å². The first kappa shape index (κ1) is 15.4. The van der Waals surface area contributed by atoms with E-state index in [1.54, 1.807) is 19.1 Å². The van der Waals surface area contributed by atoms with Crippen LogP contribution in [0.3, 0.4) is 0 Å². The summed E-state index contributed by atoms with van der Waals surface area (Å²) in [6.45, 7) is 5.35. The van der Waals surface area contributed by atoms with E-state index < -0.39 is 6.10 Å². The second kappa shape index (κ2) is 7.12. The molecule has 1 aliphatic heterocycles. The van der Waals surface area contributed by atoms with Gasteiger partial charge in [0.05, 0.1) is 11.6 Å². The number of hydrogen-bond donors (Lipinski definition) is 0. The lowest BCUT2D eigenvalue weighted by Gasteiger charge is -2.25. The minimum Gasteiger partial charge on any atom is -0.481 e. The summed E-state index contributed by atoms with van der Waals surface area (Å²) in [5.74, 6) is 0.656. The molecule has 0 bridgehead atoms. The van der Waals surface area contributed by atoms with Crippen LogP contribution < -0.4 is 4.74 Å². The van der Waals surface area contributed by atoms with E-state index in [0.29, 0.717) is 11.3 Å². The Morgan fingerprint density at radius 3 is 2.57 bits per heavy atom. The largest absolute Gasteiger partial charge is 0.481 e. The van der Waals surface area contributed by atoms with Crippen molar-refractivity contribution in [2.45, 2.75) is 45.6 Å². The van der Waals surface area contributed by atoms with Gasteiger partial charge in [-0.05, 0) is 44.4 Å². The zero-order valence-electron chi connectivity index (χ0n) is 12.8. The molecule has 112 valence electrons. The predicted octanol–water partition coefficient (Wildman–Crippen LogP) is 3.04. The van der Waals surface area contributed by atoms with E-state index in [1.807, 2.05) is 17.9 Å². The molecule has 1 fully saturated rings. The number of aryl methyl sites for hydroxylation is 1. The quantitative estimate of drug-likeness (QED) is 0.858. The first-order valence-corrected chi connectivity index (χ1v) is 7.58. The van der Waals surface area contributed by atoms with E-state index in [9.17, 15) is 4.79 Å². The summed E-state index contributed by atoms with van der Waals surface area (Å²) < 4.78 is 5.80. The van der Waals surface area contributed by atoms with Gasteiger partial charge in [-0.1, -0.05) is 18.9 Å². The number of amides is 1. The van der Waals surface area contributed by atoms with E-state index in [2.05, 4.69) is 6.07 Å². The number of nitrogens with zero attached hydrogens (tertiary/aromatic N) is 2. The summed E-state index contributed by atoms with van der Waals surface area (Å²) in [6.07, 6.45) is 4.02. The van der Waals surface area contributed by atoms with E-state index in [-0.39, 0.29) is 5.91 Å². The standard InChI is InChI=1S/C17H22N2O2/c1-13-7-8-15(12-18)11-16(13)21-14(2)17(20)19-9-5-3-4-6-10-19/h7-8,11,14H,3-6,9-10H2,1-2H3. The van der Waals surface area contributed by atoms with Crippen molar-refractivity contribution in [3.8, 4) is 11.8 Å². The molecule has 1 aromatic carbocycles. The molecule has 0 N–H and O–H groups in total. The van der Waals surface area contributed by atoms with Gasteiger partial charge in [-0.25, -0.2) is 0 Å². The van der Waals surface area contributed by atoms with Crippen LogP contribution in [0.1, 0.15) is 43.7 Å². The SMILES string of the molecule is Cc1ccc(C#N)cc1OC(C)C(=O)N1CCCCCC1. The molecule has 0 spiro atoms. The highest BCUT2D eigenvalue weighted by atomic mass is 16.5. The fraction of sp³-hybridized carbons (Fsp3) is 0.529. The summed E-state index contributed by atoms with van der Waals surface area (Å²) in [6, 6.07) is 7.39. The highest BCUT2D eigenvalue weighted by Gasteiger charge is 2.23. The number of ether oxygens (including phenoxy) is 1. The Bertz CT molecular complexity index is 540. The summed E-state index contributed by atoms with van der Waals surface area (Å²) in [4.78, 5) is 14.4. The number of nitriles is 1. The van der Waals surface area contributed by atoms with Crippen LogP contribution in [0.4, 0.5) is 0 Å². The Kier molecular flexibility index (Phi) is 5.21. The van der Waals surface area contributed by atoms with Crippen molar-refractivity contribution < 1.29 is 9.53 Å². The molecule has 4 heteroatoms. The Labute approximate surface area is 126 Å². The van der Waals surface area contributed by atoms with E-state index in [4.69, 9.17) is 10.00 Å². The van der Waals surface area contributed by atoms with Crippen molar-refractivity contribution in [1.29, 1.82) is 5.26 Å². The maximum Gasteiger partial charge on any atom is 0.263 e. The monoisotopic (exact) mass is 286 g/mol. The summed E-state index contributed by atoms with van der Waals surface area (Å²) in [5, 5.41) is 8.95. The van der Waals surface area contributed by atoms with Gasteiger partial charge in [-0.15, -0.1) is 0 Å².